The molecular weight excluding hydrogens is 380 g/mol. The van der Waals surface area contributed by atoms with Gasteiger partial charge >= 0.3 is 0 Å². The van der Waals surface area contributed by atoms with Crippen LogP contribution in [0.15, 0.2) is 78.3 Å². The number of aromatic nitrogens is 2. The number of anilines is 2. The van der Waals surface area contributed by atoms with E-state index in [1.165, 1.54) is 0 Å². The fourth-order valence-electron chi connectivity index (χ4n) is 3.95. The second-order valence-corrected chi connectivity index (χ2v) is 8.17. The number of nitrogens with zero attached hydrogens (tertiary/aromatic N) is 2. The molecule has 5 rings (SSSR count). The number of para-hydroxylation sites is 3. The molecule has 2 aromatic heterocycles. The van der Waals surface area contributed by atoms with E-state index in [0.717, 1.165) is 33.1 Å². The van der Waals surface area contributed by atoms with Crippen molar-refractivity contribution in [3.63, 3.8) is 0 Å². The number of carbonyl (C=O) groups excluding carboxylic acids is 1. The van der Waals surface area contributed by atoms with Crippen molar-refractivity contribution in [3.05, 3.63) is 88.8 Å². The molecule has 0 fully saturated rings. The van der Waals surface area contributed by atoms with Crippen LogP contribution in [0.1, 0.15) is 16.5 Å². The highest BCUT2D eigenvalue weighted by molar-refractivity contribution is 7.10. The van der Waals surface area contributed by atoms with Crippen molar-refractivity contribution in [2.75, 3.05) is 10.6 Å². The molecule has 1 aliphatic heterocycles. The summed E-state index contributed by atoms with van der Waals surface area (Å²) in [5, 5.41) is 8.42. The lowest BCUT2D eigenvalue weighted by Gasteiger charge is -2.34. The lowest BCUT2D eigenvalue weighted by atomic mass is 9.91. The van der Waals surface area contributed by atoms with Gasteiger partial charge in [-0.3, -0.25) is 4.79 Å². The third-order valence-corrected chi connectivity index (χ3v) is 6.30. The van der Waals surface area contributed by atoms with Gasteiger partial charge in [0, 0.05) is 16.3 Å². The molecule has 29 heavy (non-hydrogen) atoms. The van der Waals surface area contributed by atoms with Gasteiger partial charge in [-0.2, -0.15) is 0 Å². The van der Waals surface area contributed by atoms with Crippen molar-refractivity contribution in [1.82, 2.24) is 9.55 Å². The van der Waals surface area contributed by atoms with E-state index in [4.69, 9.17) is 4.98 Å². The number of thiophene rings is 1. The summed E-state index contributed by atoms with van der Waals surface area (Å²) < 4.78 is 2.12. The van der Waals surface area contributed by atoms with Crippen LogP contribution in [-0.4, -0.2) is 15.5 Å². The Hall–Kier alpha value is -3.38. The van der Waals surface area contributed by atoms with Gasteiger partial charge in [-0.25, -0.2) is 4.98 Å². The van der Waals surface area contributed by atoms with Crippen LogP contribution in [0.4, 0.5) is 11.6 Å². The van der Waals surface area contributed by atoms with E-state index in [0.29, 0.717) is 5.70 Å². The van der Waals surface area contributed by atoms with Gasteiger partial charge in [0.25, 0.3) is 0 Å². The number of hydrogen-bond donors (Lipinski definition) is 2. The lowest BCUT2D eigenvalue weighted by Crippen LogP contribution is -2.38. The summed E-state index contributed by atoms with van der Waals surface area (Å²) in [4.78, 5) is 19.3. The first kappa shape index (κ1) is 17.7. The van der Waals surface area contributed by atoms with Crippen molar-refractivity contribution < 1.29 is 4.79 Å². The lowest BCUT2D eigenvalue weighted by molar-refractivity contribution is -0.119. The maximum atomic E-state index is 13.5. The molecule has 2 N–H and O–H groups in total. The zero-order chi connectivity index (χ0) is 20.0. The Bertz CT molecular complexity index is 1220. The predicted molar refractivity (Wildman–Crippen MR) is 118 cm³/mol. The quantitative estimate of drug-likeness (QED) is 0.498. The van der Waals surface area contributed by atoms with Crippen molar-refractivity contribution in [2.45, 2.75) is 13.0 Å². The minimum absolute atomic E-state index is 0.0846. The van der Waals surface area contributed by atoms with Crippen molar-refractivity contribution in [1.29, 1.82) is 0 Å². The van der Waals surface area contributed by atoms with Gasteiger partial charge < -0.3 is 15.2 Å². The Morgan fingerprint density at radius 2 is 1.93 bits per heavy atom. The van der Waals surface area contributed by atoms with Gasteiger partial charge in [0.2, 0.25) is 11.9 Å². The highest BCUT2D eigenvalue weighted by atomic mass is 32.1. The topological polar surface area (TPSA) is 59.0 Å². The van der Waals surface area contributed by atoms with Gasteiger partial charge in [0.1, 0.15) is 5.92 Å². The number of benzene rings is 2. The third-order valence-electron chi connectivity index (χ3n) is 5.36. The van der Waals surface area contributed by atoms with Crippen LogP contribution in [-0.2, 0) is 4.79 Å². The first-order valence-electron chi connectivity index (χ1n) is 9.46. The largest absolute Gasteiger partial charge is 0.329 e. The van der Waals surface area contributed by atoms with Crippen molar-refractivity contribution in [3.8, 4) is 0 Å². The van der Waals surface area contributed by atoms with Gasteiger partial charge in [0.05, 0.1) is 17.1 Å². The monoisotopic (exact) mass is 400 g/mol. The van der Waals surface area contributed by atoms with Crippen LogP contribution in [0.5, 0.6) is 0 Å². The van der Waals surface area contributed by atoms with Crippen molar-refractivity contribution in [2.24, 2.45) is 5.92 Å². The molecule has 0 saturated carbocycles. The van der Waals surface area contributed by atoms with E-state index in [-0.39, 0.29) is 11.9 Å². The van der Waals surface area contributed by atoms with Crippen LogP contribution in [0, 0.1) is 12.8 Å². The highest BCUT2D eigenvalue weighted by Gasteiger charge is 2.40. The van der Waals surface area contributed by atoms with Gasteiger partial charge in [-0.15, -0.1) is 11.3 Å². The second-order valence-electron chi connectivity index (χ2n) is 7.19. The molecular formula is C23H20N4OS. The molecule has 0 spiro atoms. The Morgan fingerprint density at radius 1 is 1.14 bits per heavy atom. The van der Waals surface area contributed by atoms with E-state index in [1.807, 2.05) is 66.9 Å². The van der Waals surface area contributed by atoms with Crippen LogP contribution in [0.2, 0.25) is 0 Å². The molecule has 0 aliphatic carbocycles. The molecule has 0 unspecified atom stereocenters. The van der Waals surface area contributed by atoms with Crippen LogP contribution in [0.3, 0.4) is 0 Å². The molecule has 3 heterocycles. The number of amides is 1. The van der Waals surface area contributed by atoms with Crippen LogP contribution >= 0.6 is 11.3 Å². The second kappa shape index (κ2) is 6.90. The average molecular weight is 401 g/mol. The fourth-order valence-corrected chi connectivity index (χ4v) is 4.80. The number of rotatable bonds is 3. The SMILES string of the molecule is C=C1Nc2nc3ccccc3n2[C@@H](c2cccs2)[C@@H]1C(=O)Nc1ccccc1C. The minimum atomic E-state index is -0.474. The summed E-state index contributed by atoms with van der Waals surface area (Å²) in [6.07, 6.45) is 0. The van der Waals surface area contributed by atoms with Gasteiger partial charge in [-0.1, -0.05) is 43.0 Å². The normalized spacial score (nSPS) is 18.3. The average Bonchev–Trinajstić information content (AvgIpc) is 3.36. The summed E-state index contributed by atoms with van der Waals surface area (Å²) in [7, 11) is 0. The third kappa shape index (κ3) is 2.93. The molecule has 2 atom stereocenters. The summed E-state index contributed by atoms with van der Waals surface area (Å²) in [6.45, 7) is 6.18. The van der Waals surface area contributed by atoms with E-state index in [9.17, 15) is 4.79 Å². The van der Waals surface area contributed by atoms with Gasteiger partial charge in [0.15, 0.2) is 0 Å². The minimum Gasteiger partial charge on any atom is -0.329 e. The van der Waals surface area contributed by atoms with E-state index in [2.05, 4.69) is 27.8 Å². The van der Waals surface area contributed by atoms with E-state index < -0.39 is 5.92 Å². The van der Waals surface area contributed by atoms with Crippen LogP contribution < -0.4 is 10.6 Å². The summed E-state index contributed by atoms with van der Waals surface area (Å²) >= 11 is 1.64. The molecule has 2 aromatic carbocycles. The zero-order valence-electron chi connectivity index (χ0n) is 15.9. The summed E-state index contributed by atoms with van der Waals surface area (Å²) in [5.74, 6) is 0.159. The predicted octanol–water partition coefficient (Wildman–Crippen LogP) is 5.19. The Labute approximate surface area is 172 Å². The Morgan fingerprint density at radius 3 is 2.72 bits per heavy atom. The molecule has 5 nitrogen and oxygen atoms in total. The van der Waals surface area contributed by atoms with E-state index in [1.54, 1.807) is 11.3 Å². The molecule has 0 bridgehead atoms. The van der Waals surface area contributed by atoms with Crippen LogP contribution in [0.25, 0.3) is 11.0 Å². The molecule has 144 valence electrons. The maximum absolute atomic E-state index is 13.5. The fraction of sp³-hybridized carbons (Fsp3) is 0.130. The molecule has 0 saturated heterocycles. The number of aryl methyl sites for hydroxylation is 1. The Balaban J connectivity index is 1.63. The smallest absolute Gasteiger partial charge is 0.235 e. The van der Waals surface area contributed by atoms with Crippen molar-refractivity contribution >= 4 is 39.9 Å². The summed E-state index contributed by atoms with van der Waals surface area (Å²) in [5.41, 5.74) is 4.38. The summed E-state index contributed by atoms with van der Waals surface area (Å²) in [6, 6.07) is 19.7. The number of carbonyl (C=O) groups is 1. The zero-order valence-corrected chi connectivity index (χ0v) is 16.7. The molecule has 4 aromatic rings. The number of nitrogens with one attached hydrogen (secondary N) is 2. The maximum Gasteiger partial charge on any atom is 0.235 e. The first-order chi connectivity index (χ1) is 14.1. The van der Waals surface area contributed by atoms with E-state index >= 15 is 0 Å². The standard InChI is InChI=1S/C23H20N4OS/c1-14-8-3-4-9-16(14)25-22(28)20-15(2)24-23-26-17-10-5-6-11-18(17)27(23)21(20)19-12-7-13-29-19/h3-13,20-21H,2H2,1H3,(H,24,26)(H,25,28)/t20-,21+/m1/s1. The first-order valence-corrected chi connectivity index (χ1v) is 10.3. The Kier molecular flexibility index (Phi) is 4.21. The molecule has 1 aliphatic rings. The molecule has 1 amide bonds. The molecule has 6 heteroatoms. The van der Waals surface area contributed by atoms with Gasteiger partial charge in [-0.05, 0) is 42.1 Å². The molecule has 0 radical (unpaired) electrons. The highest BCUT2D eigenvalue weighted by Crippen LogP contribution is 2.42. The number of imidazole rings is 1. The number of fused-ring (bicyclic) bond motifs is 3. The number of hydrogen-bond acceptors (Lipinski definition) is 4.